The van der Waals surface area contributed by atoms with Crippen LogP contribution in [0.2, 0.25) is 0 Å². The number of aromatic nitrogens is 4. The predicted octanol–water partition coefficient (Wildman–Crippen LogP) is 2.63. The Morgan fingerprint density at radius 3 is 2.63 bits per heavy atom. The van der Waals surface area contributed by atoms with Crippen LogP contribution in [0.5, 0.6) is 0 Å². The molecule has 19 heavy (non-hydrogen) atoms. The van der Waals surface area contributed by atoms with Crippen LogP contribution in [0.3, 0.4) is 0 Å². The van der Waals surface area contributed by atoms with Crippen LogP contribution in [0.25, 0.3) is 11.5 Å². The summed E-state index contributed by atoms with van der Waals surface area (Å²) in [6.45, 7) is 6.15. The van der Waals surface area contributed by atoms with E-state index in [1.165, 1.54) is 0 Å². The van der Waals surface area contributed by atoms with Gasteiger partial charge in [0, 0.05) is 6.20 Å². The van der Waals surface area contributed by atoms with Gasteiger partial charge in [0.1, 0.15) is 17.3 Å². The van der Waals surface area contributed by atoms with Gasteiger partial charge in [-0.2, -0.15) is 0 Å². The van der Waals surface area contributed by atoms with Crippen LogP contribution in [0, 0.1) is 16.4 Å². The zero-order valence-electron chi connectivity index (χ0n) is 11.2. The van der Waals surface area contributed by atoms with Gasteiger partial charge in [-0.15, -0.1) is 0 Å². The number of halogens is 1. The summed E-state index contributed by atoms with van der Waals surface area (Å²) in [5.74, 6) is 2.29. The number of rotatable bonds is 3. The molecular formula is C13H16IN5. The minimum atomic E-state index is 0.512. The van der Waals surface area contributed by atoms with Gasteiger partial charge in [-0.25, -0.2) is 19.9 Å². The highest BCUT2D eigenvalue weighted by molar-refractivity contribution is 14.1. The molecule has 2 aromatic heterocycles. The summed E-state index contributed by atoms with van der Waals surface area (Å²) in [6.07, 6.45) is 2.58. The van der Waals surface area contributed by atoms with Gasteiger partial charge in [-0.05, 0) is 47.9 Å². The van der Waals surface area contributed by atoms with E-state index in [0.29, 0.717) is 29.1 Å². The lowest BCUT2D eigenvalue weighted by Gasteiger charge is -2.10. The zero-order valence-corrected chi connectivity index (χ0v) is 13.3. The van der Waals surface area contributed by atoms with Crippen LogP contribution in [-0.2, 0) is 6.42 Å². The summed E-state index contributed by atoms with van der Waals surface area (Å²) in [7, 11) is 0. The van der Waals surface area contributed by atoms with Gasteiger partial charge < -0.3 is 5.73 Å². The summed E-state index contributed by atoms with van der Waals surface area (Å²) in [4.78, 5) is 17.3. The molecule has 2 aromatic rings. The van der Waals surface area contributed by atoms with Gasteiger partial charge in [0.05, 0.1) is 9.26 Å². The highest BCUT2D eigenvalue weighted by Crippen LogP contribution is 2.22. The van der Waals surface area contributed by atoms with Gasteiger partial charge in [0.15, 0.2) is 5.82 Å². The third-order valence-electron chi connectivity index (χ3n) is 2.55. The molecule has 0 radical (unpaired) electrons. The van der Waals surface area contributed by atoms with Crippen LogP contribution in [-0.4, -0.2) is 19.9 Å². The Bertz CT molecular complexity index is 598. The van der Waals surface area contributed by atoms with E-state index < -0.39 is 0 Å². The van der Waals surface area contributed by atoms with Crippen molar-refractivity contribution in [2.45, 2.75) is 27.2 Å². The van der Waals surface area contributed by atoms with Gasteiger partial charge in [0.25, 0.3) is 0 Å². The number of nitrogens with zero attached hydrogens (tertiary/aromatic N) is 4. The largest absolute Gasteiger partial charge is 0.383 e. The minimum absolute atomic E-state index is 0.512. The molecule has 100 valence electrons. The molecule has 0 aromatic carbocycles. The Morgan fingerprint density at radius 2 is 2.00 bits per heavy atom. The number of aryl methyl sites for hydroxylation is 1. The molecule has 0 bridgehead atoms. The fourth-order valence-corrected chi connectivity index (χ4v) is 2.19. The van der Waals surface area contributed by atoms with Gasteiger partial charge in [-0.3, -0.25) is 0 Å². The first-order chi connectivity index (χ1) is 8.97. The zero-order chi connectivity index (χ0) is 14.0. The van der Waals surface area contributed by atoms with E-state index in [2.05, 4.69) is 56.4 Å². The summed E-state index contributed by atoms with van der Waals surface area (Å²) in [6, 6.07) is 1.80. The molecule has 0 fully saturated rings. The SMILES string of the molecule is Cc1nccc(-c2nc(N)c(I)c(CC(C)C)n2)n1. The Hall–Kier alpha value is -1.31. The van der Waals surface area contributed by atoms with Crippen molar-refractivity contribution in [2.75, 3.05) is 5.73 Å². The Morgan fingerprint density at radius 1 is 1.26 bits per heavy atom. The molecule has 0 amide bonds. The van der Waals surface area contributed by atoms with Crippen LogP contribution in [0.15, 0.2) is 12.3 Å². The van der Waals surface area contributed by atoms with Crippen molar-refractivity contribution in [1.29, 1.82) is 0 Å². The van der Waals surface area contributed by atoms with Crippen molar-refractivity contribution in [2.24, 2.45) is 5.92 Å². The van der Waals surface area contributed by atoms with Crippen molar-refractivity contribution in [3.05, 3.63) is 27.4 Å². The standard InChI is InChI=1S/C13H16IN5/c1-7(2)6-10-11(14)12(15)19-13(18-10)9-4-5-16-8(3)17-9/h4-5,7H,6H2,1-3H3,(H2,15,18,19). The number of hydrogen-bond acceptors (Lipinski definition) is 5. The fraction of sp³-hybridized carbons (Fsp3) is 0.385. The van der Waals surface area contributed by atoms with Crippen LogP contribution >= 0.6 is 22.6 Å². The molecular weight excluding hydrogens is 353 g/mol. The lowest BCUT2D eigenvalue weighted by molar-refractivity contribution is 0.632. The van der Waals surface area contributed by atoms with Crippen molar-refractivity contribution in [1.82, 2.24) is 19.9 Å². The van der Waals surface area contributed by atoms with Gasteiger partial charge in [0.2, 0.25) is 0 Å². The van der Waals surface area contributed by atoms with Crippen LogP contribution in [0.4, 0.5) is 5.82 Å². The quantitative estimate of drug-likeness (QED) is 0.842. The Balaban J connectivity index is 2.50. The van der Waals surface area contributed by atoms with Gasteiger partial charge >= 0.3 is 0 Å². The average molecular weight is 369 g/mol. The third-order valence-corrected chi connectivity index (χ3v) is 3.73. The summed E-state index contributed by atoms with van der Waals surface area (Å²) in [5.41, 5.74) is 7.66. The average Bonchev–Trinajstić information content (AvgIpc) is 2.34. The highest BCUT2D eigenvalue weighted by atomic mass is 127. The predicted molar refractivity (Wildman–Crippen MR) is 83.5 cm³/mol. The Labute approximate surface area is 126 Å². The van der Waals surface area contributed by atoms with Crippen LogP contribution < -0.4 is 5.73 Å². The molecule has 2 heterocycles. The van der Waals surface area contributed by atoms with E-state index in [4.69, 9.17) is 5.73 Å². The first-order valence-corrected chi connectivity index (χ1v) is 7.17. The lowest BCUT2D eigenvalue weighted by atomic mass is 10.1. The van der Waals surface area contributed by atoms with E-state index >= 15 is 0 Å². The van der Waals surface area contributed by atoms with E-state index in [0.717, 1.165) is 15.7 Å². The molecule has 2 rings (SSSR count). The first kappa shape index (κ1) is 14.1. The van der Waals surface area contributed by atoms with E-state index in [-0.39, 0.29) is 0 Å². The maximum absolute atomic E-state index is 5.97. The van der Waals surface area contributed by atoms with Crippen molar-refractivity contribution in [3.8, 4) is 11.5 Å². The maximum atomic E-state index is 5.97. The number of hydrogen-bond donors (Lipinski definition) is 1. The molecule has 0 aliphatic heterocycles. The number of nitrogen functional groups attached to an aromatic ring is 1. The normalized spacial score (nSPS) is 11.0. The van der Waals surface area contributed by atoms with Crippen molar-refractivity contribution >= 4 is 28.4 Å². The van der Waals surface area contributed by atoms with E-state index in [1.54, 1.807) is 12.3 Å². The van der Waals surface area contributed by atoms with Crippen molar-refractivity contribution < 1.29 is 0 Å². The number of anilines is 1. The molecule has 0 atom stereocenters. The molecule has 2 N–H and O–H groups in total. The van der Waals surface area contributed by atoms with E-state index in [9.17, 15) is 0 Å². The minimum Gasteiger partial charge on any atom is -0.383 e. The van der Waals surface area contributed by atoms with Crippen LogP contribution in [0.1, 0.15) is 25.4 Å². The van der Waals surface area contributed by atoms with Crippen molar-refractivity contribution in [3.63, 3.8) is 0 Å². The molecule has 0 spiro atoms. The molecule has 0 saturated heterocycles. The summed E-state index contributed by atoms with van der Waals surface area (Å²) >= 11 is 2.20. The first-order valence-electron chi connectivity index (χ1n) is 6.09. The monoisotopic (exact) mass is 369 g/mol. The van der Waals surface area contributed by atoms with Gasteiger partial charge in [-0.1, -0.05) is 13.8 Å². The molecule has 0 unspecified atom stereocenters. The molecule has 0 aliphatic carbocycles. The molecule has 6 heteroatoms. The number of nitrogens with two attached hydrogens (primary N) is 1. The second-order valence-corrected chi connectivity index (χ2v) is 5.86. The summed E-state index contributed by atoms with van der Waals surface area (Å²) in [5, 5.41) is 0. The van der Waals surface area contributed by atoms with E-state index in [1.807, 2.05) is 6.92 Å². The Kier molecular flexibility index (Phi) is 4.28. The summed E-state index contributed by atoms with van der Waals surface area (Å²) < 4.78 is 0.931. The third kappa shape index (κ3) is 3.37. The molecule has 0 saturated carbocycles. The highest BCUT2D eigenvalue weighted by Gasteiger charge is 2.13. The topological polar surface area (TPSA) is 77.6 Å². The molecule has 0 aliphatic rings. The second kappa shape index (κ2) is 5.77. The molecule has 5 nitrogen and oxygen atoms in total. The smallest absolute Gasteiger partial charge is 0.180 e. The second-order valence-electron chi connectivity index (χ2n) is 4.78. The lowest BCUT2D eigenvalue weighted by Crippen LogP contribution is -2.08. The fourth-order valence-electron chi connectivity index (χ4n) is 1.73. The maximum Gasteiger partial charge on any atom is 0.180 e.